The number of nitrogens with zero attached hydrogens (tertiary/aromatic N) is 6. The molecule has 14 heteroatoms. The summed E-state index contributed by atoms with van der Waals surface area (Å²) >= 11 is 0. The minimum absolute atomic E-state index is 0. The Balaban J connectivity index is 0.000000240. The normalized spacial score (nSPS) is 9.45. The van der Waals surface area contributed by atoms with Crippen LogP contribution in [0.3, 0.4) is 0 Å². The van der Waals surface area contributed by atoms with Crippen LogP contribution < -0.4 is 44.9 Å². The summed E-state index contributed by atoms with van der Waals surface area (Å²) in [5, 5.41) is 32.4. The standard InChI is InChI=1S/3C11H8N2O2.Co.Na/c3*14-11(15)8-4-3-7-13-10(8)9-5-1-2-6-12-9;;/h3*1-7H,(H,14,15);;/q;;;+2;+1/p-3. The van der Waals surface area contributed by atoms with E-state index in [-0.39, 0.29) is 63.0 Å². The van der Waals surface area contributed by atoms with Gasteiger partial charge in [0, 0.05) is 53.9 Å². The Morgan fingerprint density at radius 2 is 0.638 bits per heavy atom. The van der Waals surface area contributed by atoms with Crippen LogP contribution in [0.5, 0.6) is 0 Å². The summed E-state index contributed by atoms with van der Waals surface area (Å²) in [6.45, 7) is 0. The van der Waals surface area contributed by atoms with Crippen molar-refractivity contribution in [2.24, 2.45) is 0 Å². The number of rotatable bonds is 6. The molecule has 0 aliphatic heterocycles. The van der Waals surface area contributed by atoms with Crippen molar-refractivity contribution in [1.82, 2.24) is 29.9 Å². The number of carboxylic acids is 3. The summed E-state index contributed by atoms with van der Waals surface area (Å²) in [6, 6.07) is 24.7. The molecule has 0 bridgehead atoms. The molecule has 0 amide bonds. The van der Waals surface area contributed by atoms with E-state index >= 15 is 0 Å². The molecule has 0 N–H and O–H groups in total. The zero-order valence-electron chi connectivity index (χ0n) is 24.6. The van der Waals surface area contributed by atoms with Crippen LogP contribution in [0, 0.1) is 0 Å². The van der Waals surface area contributed by atoms with Gasteiger partial charge in [0.15, 0.2) is 0 Å². The Bertz CT molecular complexity index is 1680. The third kappa shape index (κ3) is 10.7. The SMILES string of the molecule is O=C([O-])c1cccnc1-c1ccccn1.O=C([O-])c1cccnc1-c1ccccn1.O=C([O-])c1cccnc1-c1ccccn1.[Co+2].[Na+]. The van der Waals surface area contributed by atoms with Gasteiger partial charge in [0.2, 0.25) is 0 Å². The number of hydrogen-bond acceptors (Lipinski definition) is 12. The fourth-order valence-corrected chi connectivity index (χ4v) is 3.83. The van der Waals surface area contributed by atoms with E-state index in [9.17, 15) is 29.7 Å². The van der Waals surface area contributed by atoms with Gasteiger partial charge in [0.05, 0.1) is 52.1 Å². The summed E-state index contributed by atoms with van der Waals surface area (Å²) in [7, 11) is 0. The summed E-state index contributed by atoms with van der Waals surface area (Å²) in [5.74, 6) is -3.74. The number of hydrogen-bond donors (Lipinski definition) is 0. The summed E-state index contributed by atoms with van der Waals surface area (Å²) in [4.78, 5) is 56.5. The summed E-state index contributed by atoms with van der Waals surface area (Å²) < 4.78 is 0. The molecule has 1 radical (unpaired) electrons. The van der Waals surface area contributed by atoms with Gasteiger partial charge in [0.25, 0.3) is 0 Å². The van der Waals surface area contributed by atoms with Crippen molar-refractivity contribution in [1.29, 1.82) is 0 Å². The molecule has 0 saturated carbocycles. The topological polar surface area (TPSA) is 198 Å². The van der Waals surface area contributed by atoms with Gasteiger partial charge >= 0.3 is 46.3 Å². The average Bonchev–Trinajstić information content (AvgIpc) is 3.10. The second-order valence-corrected chi connectivity index (χ2v) is 8.71. The van der Waals surface area contributed by atoms with E-state index in [4.69, 9.17) is 0 Å². The van der Waals surface area contributed by atoms with E-state index in [0.29, 0.717) is 34.2 Å². The van der Waals surface area contributed by atoms with E-state index in [0.717, 1.165) is 0 Å². The van der Waals surface area contributed by atoms with Crippen molar-refractivity contribution >= 4 is 17.9 Å². The third-order valence-electron chi connectivity index (χ3n) is 5.81. The van der Waals surface area contributed by atoms with Gasteiger partial charge in [-0.25, -0.2) is 0 Å². The van der Waals surface area contributed by atoms with Crippen LogP contribution in [-0.2, 0) is 16.8 Å². The molecule has 12 nitrogen and oxygen atoms in total. The zero-order valence-corrected chi connectivity index (χ0v) is 27.6. The van der Waals surface area contributed by atoms with Crippen molar-refractivity contribution in [3.05, 3.63) is 145 Å². The van der Waals surface area contributed by atoms with Crippen LogP contribution in [0.1, 0.15) is 31.1 Å². The first-order valence-electron chi connectivity index (χ1n) is 13.1. The van der Waals surface area contributed by atoms with Gasteiger partial charge in [0.1, 0.15) is 0 Å². The van der Waals surface area contributed by atoms with Crippen molar-refractivity contribution in [3.8, 4) is 34.2 Å². The maximum absolute atomic E-state index is 10.8. The molecule has 47 heavy (non-hydrogen) atoms. The predicted molar refractivity (Wildman–Crippen MR) is 155 cm³/mol. The van der Waals surface area contributed by atoms with Gasteiger partial charge in [-0.3, -0.25) is 29.9 Å². The summed E-state index contributed by atoms with van der Waals surface area (Å²) in [6.07, 6.45) is 9.33. The molecule has 229 valence electrons. The Labute approximate surface area is 301 Å². The van der Waals surface area contributed by atoms with Crippen LogP contribution in [0.25, 0.3) is 34.2 Å². The van der Waals surface area contributed by atoms with Crippen LogP contribution >= 0.6 is 0 Å². The first kappa shape index (κ1) is 38.0. The molecule has 0 aliphatic rings. The van der Waals surface area contributed by atoms with Crippen molar-refractivity contribution in [2.45, 2.75) is 0 Å². The number of carbonyl (C=O) groups is 3. The Morgan fingerprint density at radius 3 is 0.851 bits per heavy atom. The van der Waals surface area contributed by atoms with Crippen molar-refractivity contribution in [3.63, 3.8) is 0 Å². The minimum atomic E-state index is -1.25. The van der Waals surface area contributed by atoms with E-state index in [1.54, 1.807) is 91.4 Å². The van der Waals surface area contributed by atoms with E-state index in [1.165, 1.54) is 36.8 Å². The third-order valence-corrected chi connectivity index (χ3v) is 5.81. The molecular weight excluding hydrogens is 658 g/mol. The second kappa shape index (κ2) is 19.4. The molecule has 0 unspecified atom stereocenters. The molecule has 0 spiro atoms. The predicted octanol–water partition coefficient (Wildman–Crippen LogP) is -1.48. The number of carbonyl (C=O) groups excluding carboxylic acids is 3. The summed E-state index contributed by atoms with van der Waals surface area (Å²) in [5.41, 5.74) is 2.73. The van der Waals surface area contributed by atoms with E-state index < -0.39 is 17.9 Å². The molecule has 0 saturated heterocycles. The first-order valence-corrected chi connectivity index (χ1v) is 13.1. The van der Waals surface area contributed by atoms with E-state index in [2.05, 4.69) is 29.9 Å². The molecule has 0 aliphatic carbocycles. The number of aromatic carboxylic acids is 3. The largest absolute Gasteiger partial charge is 2.00 e. The molecule has 6 aromatic rings. The fourth-order valence-electron chi connectivity index (χ4n) is 3.83. The average molecular weight is 679 g/mol. The Hall–Kier alpha value is -5.18. The maximum atomic E-state index is 10.8. The molecule has 6 aromatic heterocycles. The molecule has 6 rings (SSSR count). The van der Waals surface area contributed by atoms with Crippen molar-refractivity contribution < 1.29 is 76.0 Å². The Morgan fingerprint density at radius 1 is 0.383 bits per heavy atom. The van der Waals surface area contributed by atoms with Crippen molar-refractivity contribution in [2.75, 3.05) is 0 Å². The molecule has 0 aromatic carbocycles. The number of carboxylic acid groups (broad SMARTS) is 3. The zero-order chi connectivity index (χ0) is 32.0. The first-order chi connectivity index (χ1) is 21.9. The molecule has 0 fully saturated rings. The van der Waals surface area contributed by atoms with Gasteiger partial charge < -0.3 is 29.7 Å². The second-order valence-electron chi connectivity index (χ2n) is 8.71. The number of aromatic nitrogens is 6. The smallest absolute Gasteiger partial charge is 0.545 e. The minimum Gasteiger partial charge on any atom is -0.545 e. The van der Waals surface area contributed by atoms with E-state index in [1.807, 2.05) is 0 Å². The Kier molecular flexibility index (Phi) is 15.7. The van der Waals surface area contributed by atoms with Crippen LogP contribution in [0.15, 0.2) is 128 Å². The maximum Gasteiger partial charge on any atom is 2.00 e. The molecule has 6 heterocycles. The van der Waals surface area contributed by atoms with Crippen LogP contribution in [-0.4, -0.2) is 47.8 Å². The molecule has 0 atom stereocenters. The van der Waals surface area contributed by atoms with Gasteiger partial charge in [-0.1, -0.05) is 18.2 Å². The fraction of sp³-hybridized carbons (Fsp3) is 0. The van der Waals surface area contributed by atoms with Gasteiger partial charge in [-0.05, 0) is 72.8 Å². The van der Waals surface area contributed by atoms with Crippen LogP contribution in [0.2, 0.25) is 0 Å². The molecular formula is C33H21CoN6NaO6. The number of pyridine rings is 6. The quantitative estimate of drug-likeness (QED) is 0.186. The monoisotopic (exact) mass is 679 g/mol. The van der Waals surface area contributed by atoms with Gasteiger partial charge in [-0.2, -0.15) is 0 Å². The van der Waals surface area contributed by atoms with Crippen LogP contribution in [0.4, 0.5) is 0 Å². The van der Waals surface area contributed by atoms with Gasteiger partial charge in [-0.15, -0.1) is 0 Å².